The summed E-state index contributed by atoms with van der Waals surface area (Å²) >= 11 is 0. The van der Waals surface area contributed by atoms with Gasteiger partial charge in [0.05, 0.1) is 6.54 Å². The van der Waals surface area contributed by atoms with Gasteiger partial charge in [-0.1, -0.05) is 12.2 Å². The molecule has 2 atom stereocenters. The quantitative estimate of drug-likeness (QED) is 0.457. The average Bonchev–Trinajstić information content (AvgIpc) is 3.11. The number of aliphatic imine (C=N–C) groups is 1. The molecule has 0 amide bonds. The molecule has 0 aromatic rings. The standard InChI is InChI=1S/C14H23F3N4O/c1-2-18-13(19-9-12(22)14(15,16)17)21-8-5-11(10-21)20-6-3-4-7-20/h3-4,11-12,22H,2,5-10H2,1H3,(H,18,19). The molecule has 2 rings (SSSR count). The lowest BCUT2D eigenvalue weighted by atomic mass is 10.2. The van der Waals surface area contributed by atoms with Crippen molar-refractivity contribution in [3.8, 4) is 0 Å². The van der Waals surface area contributed by atoms with E-state index in [4.69, 9.17) is 5.11 Å². The smallest absolute Gasteiger partial charge is 0.382 e. The van der Waals surface area contributed by atoms with Crippen molar-refractivity contribution in [2.75, 3.05) is 39.3 Å². The van der Waals surface area contributed by atoms with Crippen LogP contribution in [0.1, 0.15) is 13.3 Å². The lowest BCUT2D eigenvalue weighted by molar-refractivity contribution is -0.199. The maximum absolute atomic E-state index is 12.4. The Labute approximate surface area is 128 Å². The molecule has 22 heavy (non-hydrogen) atoms. The van der Waals surface area contributed by atoms with Gasteiger partial charge in [0.25, 0.3) is 0 Å². The first-order valence-corrected chi connectivity index (χ1v) is 7.59. The minimum atomic E-state index is -4.63. The maximum atomic E-state index is 12.4. The highest BCUT2D eigenvalue weighted by Gasteiger charge is 2.38. The van der Waals surface area contributed by atoms with Crippen molar-refractivity contribution in [3.05, 3.63) is 12.2 Å². The molecule has 0 aliphatic carbocycles. The number of likely N-dealkylation sites (tertiary alicyclic amines) is 1. The number of aliphatic hydroxyl groups is 1. The van der Waals surface area contributed by atoms with Crippen molar-refractivity contribution in [3.63, 3.8) is 0 Å². The number of alkyl halides is 3. The average molecular weight is 320 g/mol. The van der Waals surface area contributed by atoms with Crippen LogP contribution in [0, 0.1) is 0 Å². The van der Waals surface area contributed by atoms with Gasteiger partial charge in [0.2, 0.25) is 0 Å². The first kappa shape index (κ1) is 17.1. The monoisotopic (exact) mass is 320 g/mol. The normalized spacial score (nSPS) is 25.0. The van der Waals surface area contributed by atoms with Gasteiger partial charge in [-0.3, -0.25) is 9.89 Å². The molecular weight excluding hydrogens is 297 g/mol. The first-order valence-electron chi connectivity index (χ1n) is 7.59. The van der Waals surface area contributed by atoms with Gasteiger partial charge in [-0.2, -0.15) is 13.2 Å². The molecule has 2 heterocycles. The Morgan fingerprint density at radius 1 is 1.41 bits per heavy atom. The highest BCUT2D eigenvalue weighted by Crippen LogP contribution is 2.21. The zero-order chi connectivity index (χ0) is 16.2. The number of aliphatic hydroxyl groups excluding tert-OH is 1. The van der Waals surface area contributed by atoms with Crippen molar-refractivity contribution in [1.82, 2.24) is 15.1 Å². The van der Waals surface area contributed by atoms with Gasteiger partial charge in [-0.15, -0.1) is 0 Å². The van der Waals surface area contributed by atoms with Crippen LogP contribution in [0.3, 0.4) is 0 Å². The first-order chi connectivity index (χ1) is 10.4. The minimum absolute atomic E-state index is 0.395. The molecule has 0 aromatic heterocycles. The van der Waals surface area contributed by atoms with Crippen LogP contribution in [0.5, 0.6) is 0 Å². The largest absolute Gasteiger partial charge is 0.416 e. The number of nitrogens with zero attached hydrogens (tertiary/aromatic N) is 3. The summed E-state index contributed by atoms with van der Waals surface area (Å²) < 4.78 is 37.1. The Bertz CT molecular complexity index is 417. The Morgan fingerprint density at radius 3 is 2.68 bits per heavy atom. The molecule has 0 spiro atoms. The molecule has 0 aromatic carbocycles. The lowest BCUT2D eigenvalue weighted by Gasteiger charge is -2.25. The molecular formula is C14H23F3N4O. The number of guanidine groups is 1. The summed E-state index contributed by atoms with van der Waals surface area (Å²) in [5.74, 6) is 0.445. The second-order valence-electron chi connectivity index (χ2n) is 5.57. The van der Waals surface area contributed by atoms with Crippen LogP contribution in [0.25, 0.3) is 0 Å². The van der Waals surface area contributed by atoms with Gasteiger partial charge >= 0.3 is 6.18 Å². The topological polar surface area (TPSA) is 51.1 Å². The summed E-state index contributed by atoms with van der Waals surface area (Å²) in [7, 11) is 0. The van der Waals surface area contributed by atoms with Gasteiger partial charge in [-0.25, -0.2) is 0 Å². The molecule has 0 radical (unpaired) electrons. The maximum Gasteiger partial charge on any atom is 0.416 e. The third-order valence-electron chi connectivity index (χ3n) is 3.95. The van der Waals surface area contributed by atoms with Gasteiger partial charge in [-0.05, 0) is 13.3 Å². The van der Waals surface area contributed by atoms with Crippen LogP contribution >= 0.6 is 0 Å². The number of rotatable bonds is 4. The van der Waals surface area contributed by atoms with Crippen molar-refractivity contribution in [2.45, 2.75) is 31.7 Å². The summed E-state index contributed by atoms with van der Waals surface area (Å²) in [5.41, 5.74) is 0. The van der Waals surface area contributed by atoms with Crippen LogP contribution in [-0.4, -0.2) is 78.5 Å². The zero-order valence-electron chi connectivity index (χ0n) is 12.7. The molecule has 0 bridgehead atoms. The van der Waals surface area contributed by atoms with E-state index in [1.165, 1.54) is 0 Å². The van der Waals surface area contributed by atoms with E-state index in [9.17, 15) is 13.2 Å². The van der Waals surface area contributed by atoms with E-state index in [0.717, 1.165) is 32.6 Å². The van der Waals surface area contributed by atoms with E-state index in [1.54, 1.807) is 0 Å². The fourth-order valence-electron chi connectivity index (χ4n) is 2.73. The van der Waals surface area contributed by atoms with Gasteiger partial charge in [0, 0.05) is 38.8 Å². The van der Waals surface area contributed by atoms with Crippen LogP contribution in [0.4, 0.5) is 13.2 Å². The minimum Gasteiger partial charge on any atom is -0.382 e. The number of nitrogens with one attached hydrogen (secondary N) is 1. The summed E-state index contributed by atoms with van der Waals surface area (Å²) in [6, 6.07) is 0.395. The van der Waals surface area contributed by atoms with E-state index in [-0.39, 0.29) is 0 Å². The fraction of sp³-hybridized carbons (Fsp3) is 0.786. The number of hydrogen-bond acceptors (Lipinski definition) is 3. The molecule has 126 valence electrons. The second-order valence-corrected chi connectivity index (χ2v) is 5.57. The Morgan fingerprint density at radius 2 is 2.09 bits per heavy atom. The fourth-order valence-corrected chi connectivity index (χ4v) is 2.73. The van der Waals surface area contributed by atoms with Crippen molar-refractivity contribution >= 4 is 5.96 Å². The van der Waals surface area contributed by atoms with Crippen molar-refractivity contribution < 1.29 is 18.3 Å². The predicted molar refractivity (Wildman–Crippen MR) is 78.7 cm³/mol. The third-order valence-corrected chi connectivity index (χ3v) is 3.95. The van der Waals surface area contributed by atoms with Gasteiger partial charge < -0.3 is 15.3 Å². The van der Waals surface area contributed by atoms with Crippen molar-refractivity contribution in [2.24, 2.45) is 4.99 Å². The van der Waals surface area contributed by atoms with E-state index < -0.39 is 18.8 Å². The zero-order valence-corrected chi connectivity index (χ0v) is 12.7. The number of halogens is 3. The van der Waals surface area contributed by atoms with Crippen molar-refractivity contribution in [1.29, 1.82) is 0 Å². The van der Waals surface area contributed by atoms with E-state index in [0.29, 0.717) is 18.5 Å². The summed E-state index contributed by atoms with van der Waals surface area (Å²) in [6.07, 6.45) is -1.82. The molecule has 2 unspecified atom stereocenters. The molecule has 0 saturated carbocycles. The molecule has 5 nitrogen and oxygen atoms in total. The second kappa shape index (κ2) is 7.32. The van der Waals surface area contributed by atoms with Crippen LogP contribution in [-0.2, 0) is 0 Å². The van der Waals surface area contributed by atoms with Crippen LogP contribution in [0.2, 0.25) is 0 Å². The SMILES string of the molecule is CCNC(=NCC(O)C(F)(F)F)N1CCC(N2CC=CC2)C1. The van der Waals surface area contributed by atoms with E-state index >= 15 is 0 Å². The highest BCUT2D eigenvalue weighted by atomic mass is 19.4. The Hall–Kier alpha value is -1.28. The van der Waals surface area contributed by atoms with Crippen LogP contribution in [0.15, 0.2) is 17.1 Å². The van der Waals surface area contributed by atoms with Crippen LogP contribution < -0.4 is 5.32 Å². The van der Waals surface area contributed by atoms with E-state index in [1.807, 2.05) is 11.8 Å². The molecule has 2 aliphatic heterocycles. The summed E-state index contributed by atoms with van der Waals surface area (Å²) in [4.78, 5) is 8.26. The lowest BCUT2D eigenvalue weighted by Crippen LogP contribution is -2.43. The molecule has 1 fully saturated rings. The Kier molecular flexibility index (Phi) is 5.69. The molecule has 8 heteroatoms. The van der Waals surface area contributed by atoms with Gasteiger partial charge in [0.15, 0.2) is 12.1 Å². The number of hydrogen-bond donors (Lipinski definition) is 2. The van der Waals surface area contributed by atoms with E-state index in [2.05, 4.69) is 27.4 Å². The van der Waals surface area contributed by atoms with Gasteiger partial charge in [0.1, 0.15) is 0 Å². The summed E-state index contributed by atoms with van der Waals surface area (Å²) in [6.45, 7) is 5.14. The predicted octanol–water partition coefficient (Wildman–Crippen LogP) is 0.821. The highest BCUT2D eigenvalue weighted by molar-refractivity contribution is 5.80. The molecule has 2 aliphatic rings. The molecule has 1 saturated heterocycles. The Balaban J connectivity index is 1.93. The third kappa shape index (κ3) is 4.36. The molecule has 2 N–H and O–H groups in total. The summed E-state index contributed by atoms with van der Waals surface area (Å²) in [5, 5.41) is 12.1.